The van der Waals surface area contributed by atoms with Crippen molar-refractivity contribution < 1.29 is 14.7 Å². The van der Waals surface area contributed by atoms with E-state index in [9.17, 15) is 9.59 Å². The van der Waals surface area contributed by atoms with Gasteiger partial charge in [-0.3, -0.25) is 4.79 Å². The van der Waals surface area contributed by atoms with E-state index in [1.54, 1.807) is 31.2 Å². The molecule has 0 aliphatic carbocycles. The fraction of sp³-hybridized carbons (Fsp3) is 0.0714. The summed E-state index contributed by atoms with van der Waals surface area (Å²) in [6.45, 7) is 1.73. The Labute approximate surface area is 115 Å². The molecule has 1 heterocycles. The minimum atomic E-state index is -0.983. The number of nitrogens with zero attached hydrogens (tertiary/aromatic N) is 1. The van der Waals surface area contributed by atoms with Crippen molar-refractivity contribution >= 4 is 23.4 Å². The van der Waals surface area contributed by atoms with Crippen LogP contribution in [0, 0.1) is 6.92 Å². The molecule has 4 N–H and O–H groups in total. The molecule has 0 spiro atoms. The van der Waals surface area contributed by atoms with E-state index < -0.39 is 11.9 Å². The van der Waals surface area contributed by atoms with Crippen LogP contribution in [0.3, 0.4) is 0 Å². The van der Waals surface area contributed by atoms with Crippen molar-refractivity contribution in [3.8, 4) is 0 Å². The quantitative estimate of drug-likeness (QED) is 0.788. The second-order valence-electron chi connectivity index (χ2n) is 4.26. The maximum Gasteiger partial charge on any atom is 0.336 e. The van der Waals surface area contributed by atoms with E-state index in [0.717, 1.165) is 0 Å². The average molecular weight is 271 g/mol. The summed E-state index contributed by atoms with van der Waals surface area (Å²) >= 11 is 0. The average Bonchev–Trinajstić information content (AvgIpc) is 2.41. The Balaban J connectivity index is 2.23. The van der Waals surface area contributed by atoms with Crippen LogP contribution in [0.15, 0.2) is 36.5 Å². The van der Waals surface area contributed by atoms with Crippen molar-refractivity contribution in [1.29, 1.82) is 0 Å². The van der Waals surface area contributed by atoms with Gasteiger partial charge in [0.15, 0.2) is 0 Å². The lowest BCUT2D eigenvalue weighted by Crippen LogP contribution is -2.11. The number of amides is 1. The zero-order valence-electron chi connectivity index (χ0n) is 10.8. The predicted molar refractivity (Wildman–Crippen MR) is 74.2 cm³/mol. The first-order chi connectivity index (χ1) is 9.47. The zero-order chi connectivity index (χ0) is 14.7. The molecule has 0 aliphatic rings. The summed E-state index contributed by atoms with van der Waals surface area (Å²) in [7, 11) is 0. The molecule has 0 bridgehead atoms. The number of benzene rings is 1. The van der Waals surface area contributed by atoms with Crippen LogP contribution < -0.4 is 11.1 Å². The fourth-order valence-electron chi connectivity index (χ4n) is 1.69. The first kappa shape index (κ1) is 13.5. The van der Waals surface area contributed by atoms with E-state index in [1.807, 2.05) is 0 Å². The maximum absolute atomic E-state index is 11.1. The third-order valence-corrected chi connectivity index (χ3v) is 2.79. The molecular weight excluding hydrogens is 258 g/mol. The first-order valence-electron chi connectivity index (χ1n) is 5.84. The highest BCUT2D eigenvalue weighted by molar-refractivity contribution is 5.93. The molecule has 2 rings (SSSR count). The number of carbonyl (C=O) groups excluding carboxylic acids is 1. The first-order valence-corrected chi connectivity index (χ1v) is 5.84. The number of carboxylic acid groups (broad SMARTS) is 1. The number of aromatic nitrogens is 1. The predicted octanol–water partition coefficient (Wildman–Crippen LogP) is 1.93. The number of aryl methyl sites for hydroxylation is 1. The number of pyridine rings is 1. The van der Waals surface area contributed by atoms with Gasteiger partial charge >= 0.3 is 5.97 Å². The van der Waals surface area contributed by atoms with Crippen LogP contribution in [0.25, 0.3) is 0 Å². The van der Waals surface area contributed by atoms with Gasteiger partial charge in [0.1, 0.15) is 5.82 Å². The van der Waals surface area contributed by atoms with Gasteiger partial charge in [0.2, 0.25) is 5.91 Å². The Morgan fingerprint density at radius 2 is 2.00 bits per heavy atom. The van der Waals surface area contributed by atoms with Gasteiger partial charge in [-0.15, -0.1) is 0 Å². The van der Waals surface area contributed by atoms with Gasteiger partial charge in [0.25, 0.3) is 0 Å². The largest absolute Gasteiger partial charge is 0.478 e. The second-order valence-corrected chi connectivity index (χ2v) is 4.26. The Bertz CT molecular complexity index is 666. The topological polar surface area (TPSA) is 105 Å². The van der Waals surface area contributed by atoms with Crippen molar-refractivity contribution in [3.63, 3.8) is 0 Å². The molecule has 1 amide bonds. The molecule has 2 aromatic rings. The summed E-state index contributed by atoms with van der Waals surface area (Å²) < 4.78 is 0. The SMILES string of the molecule is Cc1ccc(Nc2ccc(C(N)=O)cn2)cc1C(=O)O. The number of rotatable bonds is 4. The highest BCUT2D eigenvalue weighted by Crippen LogP contribution is 2.19. The number of aromatic carboxylic acids is 1. The van der Waals surface area contributed by atoms with E-state index in [1.165, 1.54) is 12.3 Å². The molecule has 0 fully saturated rings. The van der Waals surface area contributed by atoms with Gasteiger partial charge in [-0.05, 0) is 36.8 Å². The molecule has 6 heteroatoms. The molecule has 0 unspecified atom stereocenters. The van der Waals surface area contributed by atoms with Crippen molar-refractivity contribution in [3.05, 3.63) is 53.2 Å². The molecular formula is C14H13N3O3. The van der Waals surface area contributed by atoms with Crippen molar-refractivity contribution in [1.82, 2.24) is 4.98 Å². The summed E-state index contributed by atoms with van der Waals surface area (Å²) in [5, 5.41) is 12.0. The Morgan fingerprint density at radius 3 is 2.55 bits per heavy atom. The van der Waals surface area contributed by atoms with E-state index in [4.69, 9.17) is 10.8 Å². The van der Waals surface area contributed by atoms with Crippen molar-refractivity contribution in [2.45, 2.75) is 6.92 Å². The molecule has 1 aromatic carbocycles. The summed E-state index contributed by atoms with van der Waals surface area (Å²) in [5.74, 6) is -1.04. The standard InChI is InChI=1S/C14H13N3O3/c1-8-2-4-10(6-11(8)14(19)20)17-12-5-3-9(7-16-12)13(15)18/h2-7H,1H3,(H2,15,18)(H,16,17)(H,19,20). The number of carboxylic acids is 1. The summed E-state index contributed by atoms with van der Waals surface area (Å²) in [6, 6.07) is 8.14. The molecule has 1 aromatic heterocycles. The zero-order valence-corrected chi connectivity index (χ0v) is 10.8. The third kappa shape index (κ3) is 2.92. The van der Waals surface area contributed by atoms with Crippen LogP contribution in [-0.4, -0.2) is 22.0 Å². The van der Waals surface area contributed by atoms with Gasteiger partial charge in [-0.1, -0.05) is 6.07 Å². The number of hydrogen-bond acceptors (Lipinski definition) is 4. The molecule has 6 nitrogen and oxygen atoms in total. The molecule has 0 saturated heterocycles. The monoisotopic (exact) mass is 271 g/mol. The van der Waals surface area contributed by atoms with E-state index >= 15 is 0 Å². The van der Waals surface area contributed by atoms with Gasteiger partial charge in [-0.2, -0.15) is 0 Å². The number of hydrogen-bond donors (Lipinski definition) is 3. The fourth-order valence-corrected chi connectivity index (χ4v) is 1.69. The highest BCUT2D eigenvalue weighted by atomic mass is 16.4. The lowest BCUT2D eigenvalue weighted by atomic mass is 10.1. The molecule has 0 radical (unpaired) electrons. The Hall–Kier alpha value is -2.89. The Kier molecular flexibility index (Phi) is 3.65. The molecule has 102 valence electrons. The van der Waals surface area contributed by atoms with Crippen LogP contribution in [0.5, 0.6) is 0 Å². The molecule has 0 saturated carbocycles. The van der Waals surface area contributed by atoms with Crippen LogP contribution in [-0.2, 0) is 0 Å². The van der Waals surface area contributed by atoms with Crippen molar-refractivity contribution in [2.24, 2.45) is 5.73 Å². The Morgan fingerprint density at radius 1 is 1.25 bits per heavy atom. The van der Waals surface area contributed by atoms with E-state index in [-0.39, 0.29) is 5.56 Å². The number of carbonyl (C=O) groups is 2. The smallest absolute Gasteiger partial charge is 0.336 e. The van der Waals surface area contributed by atoms with Gasteiger partial charge in [0.05, 0.1) is 11.1 Å². The lowest BCUT2D eigenvalue weighted by molar-refractivity contribution is 0.0696. The number of primary amides is 1. The van der Waals surface area contributed by atoms with Crippen LogP contribution >= 0.6 is 0 Å². The molecule has 20 heavy (non-hydrogen) atoms. The second kappa shape index (κ2) is 5.40. The van der Waals surface area contributed by atoms with Gasteiger partial charge in [0, 0.05) is 11.9 Å². The summed E-state index contributed by atoms with van der Waals surface area (Å²) in [4.78, 5) is 26.0. The molecule has 0 atom stereocenters. The van der Waals surface area contributed by atoms with Crippen LogP contribution in [0.2, 0.25) is 0 Å². The van der Waals surface area contributed by atoms with Gasteiger partial charge < -0.3 is 16.2 Å². The summed E-state index contributed by atoms with van der Waals surface area (Å²) in [6.07, 6.45) is 1.36. The number of nitrogens with one attached hydrogen (secondary N) is 1. The third-order valence-electron chi connectivity index (χ3n) is 2.79. The minimum Gasteiger partial charge on any atom is -0.478 e. The van der Waals surface area contributed by atoms with Crippen molar-refractivity contribution in [2.75, 3.05) is 5.32 Å². The number of nitrogens with two attached hydrogens (primary N) is 1. The highest BCUT2D eigenvalue weighted by Gasteiger charge is 2.08. The van der Waals surface area contributed by atoms with Crippen LogP contribution in [0.1, 0.15) is 26.3 Å². The van der Waals surface area contributed by atoms with E-state index in [0.29, 0.717) is 22.6 Å². The lowest BCUT2D eigenvalue weighted by Gasteiger charge is -2.08. The van der Waals surface area contributed by atoms with Gasteiger partial charge in [-0.25, -0.2) is 9.78 Å². The maximum atomic E-state index is 11.1. The minimum absolute atomic E-state index is 0.226. The van der Waals surface area contributed by atoms with E-state index in [2.05, 4.69) is 10.3 Å². The number of anilines is 2. The van der Waals surface area contributed by atoms with Crippen LogP contribution in [0.4, 0.5) is 11.5 Å². The summed E-state index contributed by atoms with van der Waals surface area (Å²) in [5.41, 5.74) is 6.94. The normalized spacial score (nSPS) is 10.1. The molecule has 0 aliphatic heterocycles.